The van der Waals surface area contributed by atoms with Gasteiger partial charge in [0.25, 0.3) is 11.7 Å². The molecule has 2 heterocycles. The van der Waals surface area contributed by atoms with Crippen molar-refractivity contribution in [3.8, 4) is 17.2 Å². The number of Topliss-reactive ketones (excluding diaryl/α,β-unsaturated/α-hetero) is 1. The number of nitrogens with zero attached hydrogens (tertiary/aromatic N) is 1. The van der Waals surface area contributed by atoms with E-state index in [-0.39, 0.29) is 16.9 Å². The lowest BCUT2D eigenvalue weighted by molar-refractivity contribution is -0.132. The van der Waals surface area contributed by atoms with Gasteiger partial charge in [-0.25, -0.2) is 4.39 Å². The molecule has 1 N–H and O–H groups in total. The molecule has 0 saturated carbocycles. The van der Waals surface area contributed by atoms with Gasteiger partial charge in [0, 0.05) is 16.6 Å². The average molecular weight is 484 g/mol. The maximum atomic E-state index is 14.1. The maximum Gasteiger partial charge on any atom is 0.300 e. The Kier molecular flexibility index (Phi) is 6.30. The third-order valence-corrected chi connectivity index (χ3v) is 6.73. The first-order chi connectivity index (χ1) is 16.3. The number of halogens is 1. The minimum Gasteiger partial charge on any atom is -0.507 e. The van der Waals surface area contributed by atoms with Crippen LogP contribution in [0.3, 0.4) is 0 Å². The first kappa shape index (κ1) is 23.3. The normalized spacial score (nSPS) is 17.2. The molecule has 0 bridgehead atoms. The molecule has 1 saturated heterocycles. The van der Waals surface area contributed by atoms with E-state index in [1.807, 2.05) is 18.4 Å². The number of ketones is 1. The van der Waals surface area contributed by atoms with Crippen molar-refractivity contribution < 1.29 is 33.3 Å². The number of anilines is 1. The Morgan fingerprint density at radius 1 is 0.971 bits per heavy atom. The van der Waals surface area contributed by atoms with Crippen molar-refractivity contribution in [3.05, 3.63) is 75.2 Å². The monoisotopic (exact) mass is 483 g/mol. The summed E-state index contributed by atoms with van der Waals surface area (Å²) < 4.78 is 30.0. The van der Waals surface area contributed by atoms with Gasteiger partial charge in [0.15, 0.2) is 11.5 Å². The van der Waals surface area contributed by atoms with Crippen LogP contribution in [-0.2, 0) is 9.59 Å². The van der Waals surface area contributed by atoms with Gasteiger partial charge in [-0.15, -0.1) is 11.3 Å². The zero-order valence-corrected chi connectivity index (χ0v) is 19.7. The van der Waals surface area contributed by atoms with Gasteiger partial charge in [-0.1, -0.05) is 0 Å². The summed E-state index contributed by atoms with van der Waals surface area (Å²) in [6.07, 6.45) is 0. The highest BCUT2D eigenvalue weighted by molar-refractivity contribution is 7.10. The second-order valence-electron chi connectivity index (χ2n) is 7.52. The van der Waals surface area contributed by atoms with Crippen molar-refractivity contribution >= 4 is 34.5 Å². The van der Waals surface area contributed by atoms with Crippen molar-refractivity contribution in [1.82, 2.24) is 0 Å². The molecule has 1 unspecified atom stereocenters. The van der Waals surface area contributed by atoms with Gasteiger partial charge >= 0.3 is 0 Å². The fourth-order valence-electron chi connectivity index (χ4n) is 4.00. The number of carbonyl (C=O) groups is 2. The molecule has 2 aromatic carbocycles. The van der Waals surface area contributed by atoms with Crippen LogP contribution in [0.4, 0.5) is 10.1 Å². The molecule has 1 fully saturated rings. The minimum atomic E-state index is -0.939. The number of carbonyl (C=O) groups excluding carboxylic acids is 2. The van der Waals surface area contributed by atoms with Crippen molar-refractivity contribution in [3.63, 3.8) is 0 Å². The Labute approximate surface area is 199 Å². The summed E-state index contributed by atoms with van der Waals surface area (Å²) in [5.74, 6) is -1.88. The predicted molar refractivity (Wildman–Crippen MR) is 126 cm³/mol. The van der Waals surface area contributed by atoms with Gasteiger partial charge in [0.2, 0.25) is 0 Å². The number of ether oxygens (including phenoxy) is 3. The highest BCUT2D eigenvalue weighted by atomic mass is 32.1. The highest BCUT2D eigenvalue weighted by Gasteiger charge is 2.48. The van der Waals surface area contributed by atoms with E-state index in [0.717, 1.165) is 11.6 Å². The molecule has 7 nitrogen and oxygen atoms in total. The van der Waals surface area contributed by atoms with E-state index in [9.17, 15) is 19.1 Å². The van der Waals surface area contributed by atoms with E-state index in [2.05, 4.69) is 0 Å². The molecule has 9 heteroatoms. The van der Waals surface area contributed by atoms with Crippen LogP contribution in [0.2, 0.25) is 0 Å². The van der Waals surface area contributed by atoms with Gasteiger partial charge in [-0.2, -0.15) is 0 Å². The SMILES string of the molecule is COc1ccc(N2C(=O)C(=O)/C(=C(\O)c3cc(F)ccc3OC)C2c2sccc2C)cc1OC. The van der Waals surface area contributed by atoms with Crippen LogP contribution in [0.15, 0.2) is 53.4 Å². The Balaban J connectivity index is 1.98. The van der Waals surface area contributed by atoms with E-state index in [1.54, 1.807) is 18.2 Å². The first-order valence-electron chi connectivity index (χ1n) is 10.2. The van der Waals surface area contributed by atoms with Crippen LogP contribution >= 0.6 is 11.3 Å². The predicted octanol–water partition coefficient (Wildman–Crippen LogP) is 4.85. The largest absolute Gasteiger partial charge is 0.507 e. The second-order valence-corrected chi connectivity index (χ2v) is 8.47. The topological polar surface area (TPSA) is 85.3 Å². The van der Waals surface area contributed by atoms with Crippen molar-refractivity contribution in [2.45, 2.75) is 13.0 Å². The van der Waals surface area contributed by atoms with Gasteiger partial charge in [0.05, 0.1) is 32.5 Å². The van der Waals surface area contributed by atoms with E-state index in [0.29, 0.717) is 22.1 Å². The fraction of sp³-hybridized carbons (Fsp3) is 0.200. The van der Waals surface area contributed by atoms with Crippen molar-refractivity contribution in [2.75, 3.05) is 26.2 Å². The molecular formula is C25H22FNO6S. The standard InChI is InChI=1S/C25H22FNO6S/c1-13-9-10-34-24(13)21-20(22(28)16-11-14(26)5-7-17(16)31-2)23(29)25(30)27(21)15-6-8-18(32-3)19(12-15)33-4/h5-12,21,28H,1-4H3/b22-20-. The Morgan fingerprint density at radius 3 is 2.26 bits per heavy atom. The van der Waals surface area contributed by atoms with Crippen LogP contribution in [-0.4, -0.2) is 38.1 Å². The average Bonchev–Trinajstić information content (AvgIpc) is 3.38. The van der Waals surface area contributed by atoms with Crippen LogP contribution in [0.25, 0.3) is 5.76 Å². The molecular weight excluding hydrogens is 461 g/mol. The smallest absolute Gasteiger partial charge is 0.300 e. The lowest BCUT2D eigenvalue weighted by Crippen LogP contribution is -2.29. The van der Waals surface area contributed by atoms with Gasteiger partial charge < -0.3 is 19.3 Å². The van der Waals surface area contributed by atoms with E-state index < -0.39 is 29.3 Å². The highest BCUT2D eigenvalue weighted by Crippen LogP contribution is 2.47. The van der Waals surface area contributed by atoms with Crippen LogP contribution < -0.4 is 19.1 Å². The third kappa shape index (κ3) is 3.77. The van der Waals surface area contributed by atoms with E-state index in [4.69, 9.17) is 14.2 Å². The molecule has 0 spiro atoms. The number of benzene rings is 2. The van der Waals surface area contributed by atoms with Gasteiger partial charge in [0.1, 0.15) is 23.4 Å². The molecule has 1 aliphatic rings. The molecule has 3 aromatic rings. The van der Waals surface area contributed by atoms with Gasteiger partial charge in [-0.3, -0.25) is 14.5 Å². The Morgan fingerprint density at radius 2 is 1.65 bits per heavy atom. The molecule has 1 atom stereocenters. The minimum absolute atomic E-state index is 0.0213. The maximum absolute atomic E-state index is 14.1. The summed E-state index contributed by atoms with van der Waals surface area (Å²) in [6, 6.07) is 9.35. The van der Waals surface area contributed by atoms with Crippen LogP contribution in [0.1, 0.15) is 22.0 Å². The molecule has 1 amide bonds. The molecule has 0 radical (unpaired) electrons. The summed E-state index contributed by atoms with van der Waals surface area (Å²) in [5, 5.41) is 13.1. The zero-order chi connectivity index (χ0) is 24.6. The number of hydrogen-bond donors (Lipinski definition) is 1. The number of hydrogen-bond acceptors (Lipinski definition) is 7. The van der Waals surface area contributed by atoms with Crippen molar-refractivity contribution in [1.29, 1.82) is 0 Å². The molecule has 4 rings (SSSR count). The number of aryl methyl sites for hydroxylation is 1. The lowest BCUT2D eigenvalue weighted by Gasteiger charge is -2.25. The number of thiophene rings is 1. The molecule has 176 valence electrons. The first-order valence-corrected chi connectivity index (χ1v) is 11.1. The van der Waals surface area contributed by atoms with Crippen LogP contribution in [0.5, 0.6) is 17.2 Å². The zero-order valence-electron chi connectivity index (χ0n) is 18.9. The lowest BCUT2D eigenvalue weighted by atomic mass is 9.97. The fourth-order valence-corrected chi connectivity index (χ4v) is 5.02. The Hall–Kier alpha value is -3.85. The summed E-state index contributed by atoms with van der Waals surface area (Å²) in [5.41, 5.74) is 1.03. The summed E-state index contributed by atoms with van der Waals surface area (Å²) in [6.45, 7) is 1.85. The molecule has 1 aliphatic heterocycles. The third-order valence-electron chi connectivity index (χ3n) is 5.66. The van der Waals surface area contributed by atoms with Gasteiger partial charge in [-0.05, 0) is 54.3 Å². The number of aliphatic hydroxyl groups excluding tert-OH is 1. The van der Waals surface area contributed by atoms with E-state index in [1.165, 1.54) is 49.7 Å². The number of amides is 1. The van der Waals surface area contributed by atoms with Crippen molar-refractivity contribution in [2.24, 2.45) is 0 Å². The quantitative estimate of drug-likeness (QED) is 0.307. The number of methoxy groups -OCH3 is 3. The molecule has 0 aliphatic carbocycles. The second kappa shape index (κ2) is 9.18. The van der Waals surface area contributed by atoms with E-state index >= 15 is 0 Å². The van der Waals surface area contributed by atoms with Crippen LogP contribution in [0, 0.1) is 12.7 Å². The number of rotatable bonds is 6. The summed E-state index contributed by atoms with van der Waals surface area (Å²) in [4.78, 5) is 28.6. The summed E-state index contributed by atoms with van der Waals surface area (Å²) >= 11 is 1.34. The number of aliphatic hydroxyl groups is 1. The molecule has 34 heavy (non-hydrogen) atoms. The summed E-state index contributed by atoms with van der Waals surface area (Å²) in [7, 11) is 4.32. The molecule has 1 aromatic heterocycles. The Bertz CT molecular complexity index is 1310.